The first-order valence-electron chi connectivity index (χ1n) is 9.86. The lowest BCUT2D eigenvalue weighted by Crippen LogP contribution is -2.27. The number of hydrogen-bond acceptors (Lipinski definition) is 3. The third-order valence-corrected chi connectivity index (χ3v) is 4.90. The van der Waals surface area contributed by atoms with Gasteiger partial charge in [-0.05, 0) is 24.3 Å². The quantitative estimate of drug-likeness (QED) is 0.424. The van der Waals surface area contributed by atoms with Crippen molar-refractivity contribution in [2.24, 2.45) is 5.41 Å². The number of benzene rings is 1. The van der Waals surface area contributed by atoms with Crippen molar-refractivity contribution in [3.8, 4) is 0 Å². The molecule has 0 aliphatic heterocycles. The molecule has 0 radical (unpaired) electrons. The van der Waals surface area contributed by atoms with Crippen molar-refractivity contribution in [2.45, 2.75) is 79.1 Å². The number of carbonyl (C=O) groups is 2. The van der Waals surface area contributed by atoms with Crippen LogP contribution in [0, 0.1) is 12.3 Å². The molecular weight excluding hydrogens is 324 g/mol. The normalized spacial score (nSPS) is 16.7. The van der Waals surface area contributed by atoms with Crippen LogP contribution in [-0.4, -0.2) is 11.8 Å². The summed E-state index contributed by atoms with van der Waals surface area (Å²) in [5, 5.41) is 0. The van der Waals surface area contributed by atoms with Gasteiger partial charge in [-0.25, -0.2) is 0 Å². The molecule has 0 bridgehead atoms. The van der Waals surface area contributed by atoms with E-state index < -0.39 is 0 Å². The van der Waals surface area contributed by atoms with Crippen molar-refractivity contribution >= 4 is 17.3 Å². The Bertz CT molecular complexity index is 665. The predicted octanol–water partition coefficient (Wildman–Crippen LogP) is 6.00. The summed E-state index contributed by atoms with van der Waals surface area (Å²) < 4.78 is 5.72. The summed E-state index contributed by atoms with van der Waals surface area (Å²) >= 11 is 0. The molecule has 0 heterocycles. The number of unbranched alkanes of at least 4 members (excludes halogenated alkanes) is 4. The number of ketones is 1. The molecule has 0 aromatic heterocycles. The first-order chi connectivity index (χ1) is 12.3. The van der Waals surface area contributed by atoms with Gasteiger partial charge in [0.05, 0.1) is 5.57 Å². The molecule has 0 unspecified atom stereocenters. The van der Waals surface area contributed by atoms with Crippen molar-refractivity contribution in [3.05, 3.63) is 41.2 Å². The fourth-order valence-corrected chi connectivity index (χ4v) is 3.45. The number of carbonyl (C=O) groups excluding carboxylic acids is 2. The molecule has 0 N–H and O–H groups in total. The summed E-state index contributed by atoms with van der Waals surface area (Å²) in [6.45, 7) is 8.30. The van der Waals surface area contributed by atoms with Gasteiger partial charge in [-0.2, -0.15) is 0 Å². The lowest BCUT2D eigenvalue weighted by atomic mass is 9.75. The smallest absolute Gasteiger partial charge is 0.310 e. The van der Waals surface area contributed by atoms with E-state index in [4.69, 9.17) is 4.74 Å². The lowest BCUT2D eigenvalue weighted by Gasteiger charge is -2.31. The summed E-state index contributed by atoms with van der Waals surface area (Å²) in [6.07, 6.45) is 6.98. The molecule has 1 aliphatic carbocycles. The molecule has 1 aromatic rings. The Morgan fingerprint density at radius 3 is 2.35 bits per heavy atom. The summed E-state index contributed by atoms with van der Waals surface area (Å²) in [5.41, 5.74) is 2.40. The van der Waals surface area contributed by atoms with Gasteiger partial charge < -0.3 is 4.74 Å². The van der Waals surface area contributed by atoms with Crippen LogP contribution in [0.1, 0.15) is 83.3 Å². The molecule has 0 saturated carbocycles. The zero-order chi connectivity index (χ0) is 19.2. The number of ether oxygens (including phenoxy) is 1. The number of allylic oxidation sites excluding steroid dienone is 2. The monoisotopic (exact) mass is 356 g/mol. The lowest BCUT2D eigenvalue weighted by molar-refractivity contribution is -0.140. The van der Waals surface area contributed by atoms with E-state index in [0.717, 1.165) is 30.4 Å². The number of aryl methyl sites for hydroxylation is 1. The van der Waals surface area contributed by atoms with Gasteiger partial charge in [0, 0.05) is 19.3 Å². The summed E-state index contributed by atoms with van der Waals surface area (Å²) in [4.78, 5) is 25.1. The zero-order valence-corrected chi connectivity index (χ0v) is 16.7. The van der Waals surface area contributed by atoms with Gasteiger partial charge in [0.25, 0.3) is 0 Å². The van der Waals surface area contributed by atoms with Crippen LogP contribution in [0.15, 0.2) is 30.0 Å². The molecule has 0 fully saturated rings. The average Bonchev–Trinajstić information content (AvgIpc) is 2.55. The van der Waals surface area contributed by atoms with E-state index in [0.29, 0.717) is 30.6 Å². The van der Waals surface area contributed by atoms with Gasteiger partial charge in [0.15, 0.2) is 5.78 Å². The summed E-state index contributed by atoms with van der Waals surface area (Å²) in [7, 11) is 0. The average molecular weight is 357 g/mol. The predicted molar refractivity (Wildman–Crippen MR) is 106 cm³/mol. The highest BCUT2D eigenvalue weighted by Gasteiger charge is 2.35. The molecular formula is C23H32O3. The minimum absolute atomic E-state index is 0.0656. The molecule has 3 nitrogen and oxygen atoms in total. The number of hydrogen-bond donors (Lipinski definition) is 0. The highest BCUT2D eigenvalue weighted by atomic mass is 16.5. The van der Waals surface area contributed by atoms with Crippen LogP contribution in [0.5, 0.6) is 0 Å². The first kappa shape index (κ1) is 20.4. The highest BCUT2D eigenvalue weighted by Crippen LogP contribution is 2.41. The molecule has 3 heteroatoms. The molecule has 0 atom stereocenters. The molecule has 26 heavy (non-hydrogen) atoms. The molecule has 1 aliphatic rings. The fraction of sp³-hybridized carbons (Fsp3) is 0.565. The zero-order valence-electron chi connectivity index (χ0n) is 16.7. The minimum atomic E-state index is -0.216. The Balaban J connectivity index is 2.15. The number of esters is 1. The summed E-state index contributed by atoms with van der Waals surface area (Å²) in [6, 6.07) is 7.87. The number of rotatable bonds is 8. The van der Waals surface area contributed by atoms with E-state index >= 15 is 0 Å². The van der Waals surface area contributed by atoms with Crippen molar-refractivity contribution < 1.29 is 14.3 Å². The SMILES string of the molecule is CCCCCCCC(=O)OC1=C(c2ccc(C)cc2)C(=O)CC(C)(C)C1. The van der Waals surface area contributed by atoms with E-state index in [1.54, 1.807) is 0 Å². The van der Waals surface area contributed by atoms with Crippen molar-refractivity contribution in [2.75, 3.05) is 0 Å². The van der Waals surface area contributed by atoms with Crippen LogP contribution in [0.3, 0.4) is 0 Å². The topological polar surface area (TPSA) is 43.4 Å². The second-order valence-corrected chi connectivity index (χ2v) is 8.24. The Kier molecular flexibility index (Phi) is 7.19. The van der Waals surface area contributed by atoms with Crippen molar-refractivity contribution in [1.29, 1.82) is 0 Å². The molecule has 2 rings (SSSR count). The van der Waals surface area contributed by atoms with E-state index in [1.807, 2.05) is 31.2 Å². The van der Waals surface area contributed by atoms with Crippen LogP contribution >= 0.6 is 0 Å². The van der Waals surface area contributed by atoms with Crippen LogP contribution in [0.25, 0.3) is 5.57 Å². The second-order valence-electron chi connectivity index (χ2n) is 8.24. The molecule has 142 valence electrons. The van der Waals surface area contributed by atoms with E-state index in [9.17, 15) is 9.59 Å². The van der Waals surface area contributed by atoms with Gasteiger partial charge in [0.1, 0.15) is 5.76 Å². The Labute approximate surface area is 157 Å². The summed E-state index contributed by atoms with van der Waals surface area (Å²) in [5.74, 6) is 0.399. The third kappa shape index (κ3) is 5.82. The van der Waals surface area contributed by atoms with Crippen LogP contribution in [0.2, 0.25) is 0 Å². The molecule has 0 amide bonds. The van der Waals surface area contributed by atoms with Crippen LogP contribution in [0.4, 0.5) is 0 Å². The second kappa shape index (κ2) is 9.16. The Morgan fingerprint density at radius 1 is 1.04 bits per heavy atom. The minimum Gasteiger partial charge on any atom is -0.430 e. The van der Waals surface area contributed by atoms with Crippen molar-refractivity contribution in [1.82, 2.24) is 0 Å². The Morgan fingerprint density at radius 2 is 1.69 bits per heavy atom. The van der Waals surface area contributed by atoms with Gasteiger partial charge in [-0.3, -0.25) is 9.59 Å². The maximum absolute atomic E-state index is 12.8. The van der Waals surface area contributed by atoms with E-state index in [1.165, 1.54) is 12.8 Å². The Hall–Kier alpha value is -1.90. The maximum atomic E-state index is 12.8. The van der Waals surface area contributed by atoms with Crippen molar-refractivity contribution in [3.63, 3.8) is 0 Å². The fourth-order valence-electron chi connectivity index (χ4n) is 3.45. The van der Waals surface area contributed by atoms with E-state index in [-0.39, 0.29) is 17.2 Å². The molecule has 0 spiro atoms. The number of Topliss-reactive ketones (excluding diaryl/α,β-unsaturated/α-hetero) is 1. The van der Waals surface area contributed by atoms with Gasteiger partial charge in [-0.15, -0.1) is 0 Å². The van der Waals surface area contributed by atoms with Gasteiger partial charge >= 0.3 is 5.97 Å². The highest BCUT2D eigenvalue weighted by molar-refractivity contribution is 6.22. The van der Waals surface area contributed by atoms with Gasteiger partial charge in [-0.1, -0.05) is 76.3 Å². The first-order valence-corrected chi connectivity index (χ1v) is 9.86. The van der Waals surface area contributed by atoms with E-state index in [2.05, 4.69) is 20.8 Å². The maximum Gasteiger partial charge on any atom is 0.310 e. The van der Waals surface area contributed by atoms with Gasteiger partial charge in [0.2, 0.25) is 0 Å². The third-order valence-electron chi connectivity index (χ3n) is 4.90. The largest absolute Gasteiger partial charge is 0.430 e. The molecule has 1 aromatic carbocycles. The van der Waals surface area contributed by atoms with Crippen LogP contribution < -0.4 is 0 Å². The standard InChI is InChI=1S/C23H32O3/c1-5-6-7-8-9-10-21(25)26-20-16-23(3,4)15-19(24)22(20)18-13-11-17(2)12-14-18/h11-14H,5-10,15-16H2,1-4H3. The molecule has 0 saturated heterocycles. The van der Waals surface area contributed by atoms with Crippen LogP contribution in [-0.2, 0) is 14.3 Å².